The fourth-order valence-electron chi connectivity index (χ4n) is 1.97. The van der Waals surface area contributed by atoms with Crippen molar-refractivity contribution in [2.45, 2.75) is 26.2 Å². The van der Waals surface area contributed by atoms with Crippen LogP contribution in [0.4, 0.5) is 5.69 Å². The molecule has 1 heterocycles. The Balaban J connectivity index is 1.76. The molecule has 0 radical (unpaired) electrons. The molecular formula is C17H20N2O2S. The van der Waals surface area contributed by atoms with E-state index in [1.807, 2.05) is 41.8 Å². The highest BCUT2D eigenvalue weighted by atomic mass is 32.1. The molecule has 2 amide bonds. The topological polar surface area (TPSA) is 58.2 Å². The standard InChI is InChI=1S/C17H20N2O2S/c1-12(2)13-5-7-14(8-6-13)19-17(21)11-18-16(20)10-15-4-3-9-22-15/h3-9,12H,10-11H2,1-2H3,(H,18,20)(H,19,21). The minimum absolute atomic E-state index is 0.0177. The lowest BCUT2D eigenvalue weighted by molar-refractivity contribution is -0.123. The van der Waals surface area contributed by atoms with Crippen molar-refractivity contribution in [1.29, 1.82) is 0 Å². The zero-order valence-electron chi connectivity index (χ0n) is 12.8. The molecule has 0 unspecified atom stereocenters. The van der Waals surface area contributed by atoms with Crippen molar-refractivity contribution in [3.63, 3.8) is 0 Å². The van der Waals surface area contributed by atoms with Crippen molar-refractivity contribution in [1.82, 2.24) is 5.32 Å². The Morgan fingerprint density at radius 1 is 1.09 bits per heavy atom. The number of anilines is 1. The summed E-state index contributed by atoms with van der Waals surface area (Å²) in [5.41, 5.74) is 1.96. The molecule has 2 N–H and O–H groups in total. The van der Waals surface area contributed by atoms with Crippen molar-refractivity contribution < 1.29 is 9.59 Å². The van der Waals surface area contributed by atoms with E-state index in [1.54, 1.807) is 0 Å². The zero-order chi connectivity index (χ0) is 15.9. The Labute approximate surface area is 134 Å². The van der Waals surface area contributed by atoms with Crippen LogP contribution in [-0.4, -0.2) is 18.4 Å². The van der Waals surface area contributed by atoms with Crippen LogP contribution in [0.2, 0.25) is 0 Å². The molecule has 2 aromatic rings. The van der Waals surface area contributed by atoms with Crippen LogP contribution in [0.15, 0.2) is 41.8 Å². The number of nitrogens with one attached hydrogen (secondary N) is 2. The molecule has 0 bridgehead atoms. The first kappa shape index (κ1) is 16.2. The minimum atomic E-state index is -0.225. The second-order valence-corrected chi connectivity index (χ2v) is 6.39. The number of hydrogen-bond donors (Lipinski definition) is 2. The maximum Gasteiger partial charge on any atom is 0.243 e. The highest BCUT2D eigenvalue weighted by molar-refractivity contribution is 7.10. The Bertz CT molecular complexity index is 619. The van der Waals surface area contributed by atoms with Gasteiger partial charge in [-0.25, -0.2) is 0 Å². The Hall–Kier alpha value is -2.14. The first-order chi connectivity index (χ1) is 10.5. The zero-order valence-corrected chi connectivity index (χ0v) is 13.6. The maximum atomic E-state index is 11.8. The van der Waals surface area contributed by atoms with Gasteiger partial charge in [-0.1, -0.05) is 32.0 Å². The summed E-state index contributed by atoms with van der Waals surface area (Å²) < 4.78 is 0. The Morgan fingerprint density at radius 2 is 1.82 bits per heavy atom. The van der Waals surface area contributed by atoms with Gasteiger partial charge in [0.05, 0.1) is 13.0 Å². The molecule has 0 spiro atoms. The summed E-state index contributed by atoms with van der Waals surface area (Å²) in [5.74, 6) is 0.0888. The molecular weight excluding hydrogens is 296 g/mol. The molecule has 5 heteroatoms. The average molecular weight is 316 g/mol. The molecule has 0 fully saturated rings. The molecule has 0 aliphatic heterocycles. The number of rotatable bonds is 6. The van der Waals surface area contributed by atoms with Crippen molar-refractivity contribution >= 4 is 28.8 Å². The van der Waals surface area contributed by atoms with E-state index in [0.717, 1.165) is 10.6 Å². The largest absolute Gasteiger partial charge is 0.347 e. The number of benzene rings is 1. The van der Waals surface area contributed by atoms with Crippen molar-refractivity contribution in [2.24, 2.45) is 0 Å². The molecule has 116 valence electrons. The van der Waals surface area contributed by atoms with E-state index in [0.29, 0.717) is 12.3 Å². The summed E-state index contributed by atoms with van der Waals surface area (Å²) >= 11 is 1.53. The summed E-state index contributed by atoms with van der Waals surface area (Å²) in [5, 5.41) is 7.32. The third kappa shape index (κ3) is 5.00. The van der Waals surface area contributed by atoms with Gasteiger partial charge in [-0.15, -0.1) is 11.3 Å². The molecule has 22 heavy (non-hydrogen) atoms. The summed E-state index contributed by atoms with van der Waals surface area (Å²) in [6.45, 7) is 4.23. The Kier molecular flexibility index (Phi) is 5.72. The lowest BCUT2D eigenvalue weighted by Gasteiger charge is -2.09. The van der Waals surface area contributed by atoms with Crippen molar-refractivity contribution in [3.05, 3.63) is 52.2 Å². The van der Waals surface area contributed by atoms with E-state index in [4.69, 9.17) is 0 Å². The van der Waals surface area contributed by atoms with Gasteiger partial charge in [0.1, 0.15) is 0 Å². The van der Waals surface area contributed by atoms with Crippen LogP contribution in [0.3, 0.4) is 0 Å². The van der Waals surface area contributed by atoms with Gasteiger partial charge in [0.25, 0.3) is 0 Å². The average Bonchev–Trinajstić information content (AvgIpc) is 2.98. The predicted molar refractivity (Wildman–Crippen MR) is 90.2 cm³/mol. The molecule has 0 saturated carbocycles. The normalized spacial score (nSPS) is 10.5. The van der Waals surface area contributed by atoms with Crippen LogP contribution in [0, 0.1) is 0 Å². The van der Waals surface area contributed by atoms with Crippen molar-refractivity contribution in [3.8, 4) is 0 Å². The van der Waals surface area contributed by atoms with Gasteiger partial charge in [0, 0.05) is 10.6 Å². The molecule has 4 nitrogen and oxygen atoms in total. The smallest absolute Gasteiger partial charge is 0.243 e. The van der Waals surface area contributed by atoms with Crippen LogP contribution in [-0.2, 0) is 16.0 Å². The van der Waals surface area contributed by atoms with Gasteiger partial charge in [0.2, 0.25) is 11.8 Å². The lowest BCUT2D eigenvalue weighted by atomic mass is 10.0. The van der Waals surface area contributed by atoms with E-state index in [2.05, 4.69) is 24.5 Å². The predicted octanol–water partition coefficient (Wildman–Crippen LogP) is 3.17. The highest BCUT2D eigenvalue weighted by Crippen LogP contribution is 2.16. The van der Waals surface area contributed by atoms with Gasteiger partial charge in [-0.05, 0) is 35.1 Å². The number of carbonyl (C=O) groups is 2. The summed E-state index contributed by atoms with van der Waals surface area (Å²) in [4.78, 5) is 24.5. The van der Waals surface area contributed by atoms with E-state index in [9.17, 15) is 9.59 Å². The van der Waals surface area contributed by atoms with E-state index >= 15 is 0 Å². The summed E-state index contributed by atoms with van der Waals surface area (Å²) in [7, 11) is 0. The van der Waals surface area contributed by atoms with Crippen LogP contribution >= 0.6 is 11.3 Å². The molecule has 0 saturated heterocycles. The van der Waals surface area contributed by atoms with Gasteiger partial charge in [-0.3, -0.25) is 9.59 Å². The summed E-state index contributed by atoms with van der Waals surface area (Å²) in [6, 6.07) is 11.5. The van der Waals surface area contributed by atoms with Crippen LogP contribution in [0.1, 0.15) is 30.2 Å². The van der Waals surface area contributed by atoms with Gasteiger partial charge in [0.15, 0.2) is 0 Å². The molecule has 1 aromatic carbocycles. The Morgan fingerprint density at radius 3 is 2.41 bits per heavy atom. The number of hydrogen-bond acceptors (Lipinski definition) is 3. The summed E-state index contributed by atoms with van der Waals surface area (Å²) in [6.07, 6.45) is 0.314. The maximum absolute atomic E-state index is 11.8. The fourth-order valence-corrected chi connectivity index (χ4v) is 2.67. The van der Waals surface area contributed by atoms with E-state index in [-0.39, 0.29) is 18.4 Å². The minimum Gasteiger partial charge on any atom is -0.347 e. The van der Waals surface area contributed by atoms with Gasteiger partial charge < -0.3 is 10.6 Å². The van der Waals surface area contributed by atoms with Crippen LogP contribution < -0.4 is 10.6 Å². The third-order valence-electron chi connectivity index (χ3n) is 3.22. The quantitative estimate of drug-likeness (QED) is 0.860. The highest BCUT2D eigenvalue weighted by Gasteiger charge is 2.07. The van der Waals surface area contributed by atoms with E-state index < -0.39 is 0 Å². The molecule has 1 aromatic heterocycles. The number of amides is 2. The van der Waals surface area contributed by atoms with Crippen LogP contribution in [0.25, 0.3) is 0 Å². The van der Waals surface area contributed by atoms with Gasteiger partial charge in [-0.2, -0.15) is 0 Å². The molecule has 0 aliphatic rings. The number of thiophene rings is 1. The number of carbonyl (C=O) groups excluding carboxylic acids is 2. The molecule has 0 atom stereocenters. The first-order valence-corrected chi connectivity index (χ1v) is 8.11. The second-order valence-electron chi connectivity index (χ2n) is 5.36. The molecule has 0 aliphatic carbocycles. The lowest BCUT2D eigenvalue weighted by Crippen LogP contribution is -2.33. The first-order valence-electron chi connectivity index (χ1n) is 7.23. The fraction of sp³-hybridized carbons (Fsp3) is 0.294. The third-order valence-corrected chi connectivity index (χ3v) is 4.10. The second kappa shape index (κ2) is 7.75. The van der Waals surface area contributed by atoms with Crippen molar-refractivity contribution in [2.75, 3.05) is 11.9 Å². The molecule has 2 rings (SSSR count). The van der Waals surface area contributed by atoms with Gasteiger partial charge >= 0.3 is 0 Å². The van der Waals surface area contributed by atoms with Crippen LogP contribution in [0.5, 0.6) is 0 Å². The SMILES string of the molecule is CC(C)c1ccc(NC(=O)CNC(=O)Cc2cccs2)cc1. The van der Waals surface area contributed by atoms with E-state index in [1.165, 1.54) is 16.9 Å². The monoisotopic (exact) mass is 316 g/mol.